The van der Waals surface area contributed by atoms with Gasteiger partial charge in [0, 0.05) is 24.2 Å². The number of rotatable bonds is 3. The molecule has 5 heteroatoms. The lowest BCUT2D eigenvalue weighted by Crippen LogP contribution is -2.21. The quantitative estimate of drug-likeness (QED) is 0.716. The first-order valence-corrected chi connectivity index (χ1v) is 5.11. The van der Waals surface area contributed by atoms with Crippen molar-refractivity contribution in [3.8, 4) is 0 Å². The van der Waals surface area contributed by atoms with Crippen molar-refractivity contribution < 1.29 is 0 Å². The van der Waals surface area contributed by atoms with Crippen LogP contribution in [-0.2, 0) is 0 Å². The third-order valence-corrected chi connectivity index (χ3v) is 2.61. The number of hydrogen-bond acceptors (Lipinski definition) is 4. The molecule has 84 valence electrons. The van der Waals surface area contributed by atoms with Crippen LogP contribution in [0.3, 0.4) is 0 Å². The molecule has 0 aliphatic heterocycles. The number of hydrogen-bond donors (Lipinski definition) is 3. The van der Waals surface area contributed by atoms with Gasteiger partial charge < -0.3 is 16.0 Å². The minimum Gasteiger partial charge on any atom is -0.383 e. The van der Waals surface area contributed by atoms with Crippen molar-refractivity contribution in [1.29, 1.82) is 0 Å². The van der Waals surface area contributed by atoms with E-state index in [1.165, 1.54) is 0 Å². The predicted octanol–water partition coefficient (Wildman–Crippen LogP) is 1.00. The number of anilines is 1. The molecule has 0 fully saturated rings. The number of aryl methyl sites for hydroxylation is 1. The van der Waals surface area contributed by atoms with Crippen LogP contribution in [0.5, 0.6) is 0 Å². The van der Waals surface area contributed by atoms with Crippen LogP contribution in [0.2, 0.25) is 0 Å². The van der Waals surface area contributed by atoms with Crippen molar-refractivity contribution in [2.75, 3.05) is 12.8 Å². The highest BCUT2D eigenvalue weighted by Gasteiger charge is 2.19. The first kappa shape index (κ1) is 10.6. The van der Waals surface area contributed by atoms with E-state index in [9.17, 15) is 0 Å². The lowest BCUT2D eigenvalue weighted by atomic mass is 10.0. The average molecular weight is 217 g/mol. The normalized spacial score (nSPS) is 12.6. The van der Waals surface area contributed by atoms with Crippen molar-refractivity contribution in [3.05, 3.63) is 41.6 Å². The largest absolute Gasteiger partial charge is 0.383 e. The Hall–Kier alpha value is -1.88. The Morgan fingerprint density at radius 3 is 2.75 bits per heavy atom. The maximum absolute atomic E-state index is 5.91. The van der Waals surface area contributed by atoms with E-state index in [0.29, 0.717) is 5.82 Å². The second kappa shape index (κ2) is 4.32. The zero-order valence-corrected chi connectivity index (χ0v) is 9.36. The highest BCUT2D eigenvalue weighted by atomic mass is 15.0. The van der Waals surface area contributed by atoms with Crippen LogP contribution in [-0.4, -0.2) is 22.0 Å². The van der Waals surface area contributed by atoms with E-state index in [0.717, 1.165) is 17.0 Å². The van der Waals surface area contributed by atoms with E-state index < -0.39 is 0 Å². The summed E-state index contributed by atoms with van der Waals surface area (Å²) < 4.78 is 0. The van der Waals surface area contributed by atoms with Crippen molar-refractivity contribution >= 4 is 5.82 Å². The number of nitrogens with zero attached hydrogens (tertiary/aromatic N) is 2. The maximum atomic E-state index is 5.91. The Morgan fingerprint density at radius 2 is 2.19 bits per heavy atom. The second-order valence-electron chi connectivity index (χ2n) is 3.62. The molecule has 2 heterocycles. The Bertz CT molecular complexity index is 443. The summed E-state index contributed by atoms with van der Waals surface area (Å²) in [6.07, 6.45) is 5.23. The lowest BCUT2D eigenvalue weighted by molar-refractivity contribution is 0.651. The third-order valence-electron chi connectivity index (χ3n) is 2.61. The Morgan fingerprint density at radius 1 is 1.38 bits per heavy atom. The minimum absolute atomic E-state index is 0.0521. The summed E-state index contributed by atoms with van der Waals surface area (Å²) in [6, 6.07) is 1.89. The fraction of sp³-hybridized carbons (Fsp3) is 0.273. The molecule has 0 bridgehead atoms. The summed E-state index contributed by atoms with van der Waals surface area (Å²) in [4.78, 5) is 11.4. The van der Waals surface area contributed by atoms with E-state index in [1.54, 1.807) is 18.6 Å². The summed E-state index contributed by atoms with van der Waals surface area (Å²) in [5.74, 6) is 1.38. The summed E-state index contributed by atoms with van der Waals surface area (Å²) in [5.41, 5.74) is 7.98. The lowest BCUT2D eigenvalue weighted by Gasteiger charge is -2.17. The van der Waals surface area contributed by atoms with Crippen molar-refractivity contribution in [1.82, 2.24) is 20.3 Å². The highest BCUT2D eigenvalue weighted by Crippen LogP contribution is 2.25. The summed E-state index contributed by atoms with van der Waals surface area (Å²) in [7, 11) is 1.87. The van der Waals surface area contributed by atoms with E-state index in [-0.39, 0.29) is 6.04 Å². The Balaban J connectivity index is 2.49. The molecular weight excluding hydrogens is 202 g/mol. The number of nitrogen functional groups attached to an aromatic ring is 1. The van der Waals surface area contributed by atoms with Gasteiger partial charge in [-0.2, -0.15) is 0 Å². The van der Waals surface area contributed by atoms with Gasteiger partial charge in [0.1, 0.15) is 11.6 Å². The summed E-state index contributed by atoms with van der Waals surface area (Å²) in [5, 5.41) is 3.19. The minimum atomic E-state index is -0.0521. The van der Waals surface area contributed by atoms with Crippen molar-refractivity contribution in [2.24, 2.45) is 0 Å². The highest BCUT2D eigenvalue weighted by molar-refractivity contribution is 5.48. The van der Waals surface area contributed by atoms with Crippen LogP contribution in [0, 0.1) is 6.92 Å². The zero-order chi connectivity index (χ0) is 11.5. The fourth-order valence-electron chi connectivity index (χ4n) is 1.82. The average Bonchev–Trinajstić information content (AvgIpc) is 2.77. The van der Waals surface area contributed by atoms with Crippen LogP contribution in [0.1, 0.15) is 23.0 Å². The van der Waals surface area contributed by atoms with Crippen LogP contribution in [0.15, 0.2) is 24.7 Å². The maximum Gasteiger partial charge on any atom is 0.128 e. The number of imidazole rings is 1. The molecule has 2 aromatic rings. The molecule has 0 amide bonds. The molecule has 4 N–H and O–H groups in total. The smallest absolute Gasteiger partial charge is 0.128 e. The predicted molar refractivity (Wildman–Crippen MR) is 62.9 cm³/mol. The molecule has 1 unspecified atom stereocenters. The molecule has 0 aliphatic carbocycles. The van der Waals surface area contributed by atoms with Gasteiger partial charge in [-0.1, -0.05) is 0 Å². The third kappa shape index (κ3) is 1.77. The molecule has 0 saturated carbocycles. The number of pyridine rings is 1. The van der Waals surface area contributed by atoms with Crippen LogP contribution in [0.4, 0.5) is 5.82 Å². The zero-order valence-electron chi connectivity index (χ0n) is 9.36. The van der Waals surface area contributed by atoms with Gasteiger partial charge in [0.05, 0.1) is 6.04 Å². The summed E-state index contributed by atoms with van der Waals surface area (Å²) in [6.45, 7) is 2.01. The van der Waals surface area contributed by atoms with E-state index in [1.807, 2.05) is 20.0 Å². The monoisotopic (exact) mass is 217 g/mol. The van der Waals surface area contributed by atoms with Crippen LogP contribution < -0.4 is 11.1 Å². The SMILES string of the molecule is CNC(c1ncc[nH]1)c1c(C)ccnc1N. The van der Waals surface area contributed by atoms with Crippen LogP contribution >= 0.6 is 0 Å². The van der Waals surface area contributed by atoms with Crippen LogP contribution in [0.25, 0.3) is 0 Å². The van der Waals surface area contributed by atoms with Crippen molar-refractivity contribution in [2.45, 2.75) is 13.0 Å². The van der Waals surface area contributed by atoms with Gasteiger partial charge in [-0.05, 0) is 25.6 Å². The van der Waals surface area contributed by atoms with Gasteiger partial charge in [-0.3, -0.25) is 0 Å². The Kier molecular flexibility index (Phi) is 2.87. The Labute approximate surface area is 94.1 Å². The number of aromatic amines is 1. The number of aromatic nitrogens is 3. The molecule has 5 nitrogen and oxygen atoms in total. The molecule has 0 saturated heterocycles. The molecule has 1 atom stereocenters. The van der Waals surface area contributed by atoms with Gasteiger partial charge in [-0.25, -0.2) is 9.97 Å². The first-order valence-electron chi connectivity index (χ1n) is 5.11. The molecule has 0 aliphatic rings. The topological polar surface area (TPSA) is 79.6 Å². The molecule has 0 spiro atoms. The number of H-pyrrole nitrogens is 1. The van der Waals surface area contributed by atoms with Gasteiger partial charge in [0.25, 0.3) is 0 Å². The van der Waals surface area contributed by atoms with Gasteiger partial charge in [0.15, 0.2) is 0 Å². The summed E-state index contributed by atoms with van der Waals surface area (Å²) >= 11 is 0. The molecule has 16 heavy (non-hydrogen) atoms. The first-order chi connectivity index (χ1) is 7.74. The van der Waals surface area contributed by atoms with Crippen molar-refractivity contribution in [3.63, 3.8) is 0 Å². The van der Waals surface area contributed by atoms with E-state index >= 15 is 0 Å². The molecule has 0 aromatic carbocycles. The standard InChI is InChI=1S/C11H15N5/c1-7-3-4-14-10(12)8(7)9(13-2)11-15-5-6-16-11/h3-6,9,13H,1-2H3,(H2,12,14)(H,15,16). The molecule has 0 radical (unpaired) electrons. The van der Waals surface area contributed by atoms with Gasteiger partial charge in [-0.15, -0.1) is 0 Å². The fourth-order valence-corrected chi connectivity index (χ4v) is 1.82. The molecular formula is C11H15N5. The van der Waals surface area contributed by atoms with E-state index in [4.69, 9.17) is 5.73 Å². The number of nitrogens with two attached hydrogens (primary N) is 1. The van der Waals surface area contributed by atoms with Gasteiger partial charge >= 0.3 is 0 Å². The molecule has 2 aromatic heterocycles. The van der Waals surface area contributed by atoms with Gasteiger partial charge in [0.2, 0.25) is 0 Å². The second-order valence-corrected chi connectivity index (χ2v) is 3.62. The molecule has 2 rings (SSSR count). The number of nitrogens with one attached hydrogen (secondary N) is 2. The van der Waals surface area contributed by atoms with E-state index in [2.05, 4.69) is 20.3 Å².